The third-order valence-corrected chi connectivity index (χ3v) is 8.95. The Morgan fingerprint density at radius 2 is 2.07 bits per heavy atom. The Morgan fingerprint density at radius 1 is 1.24 bits per heavy atom. The van der Waals surface area contributed by atoms with Crippen molar-refractivity contribution in [3.8, 4) is 17.4 Å². The number of allylic oxidation sites excluding steroid dienone is 1. The molecule has 2 fully saturated rings. The number of hydrogen-bond donors (Lipinski definition) is 2. The van der Waals surface area contributed by atoms with Gasteiger partial charge in [0.15, 0.2) is 0 Å². The molecule has 6 rings (SSSR count). The van der Waals surface area contributed by atoms with Gasteiger partial charge in [0.25, 0.3) is 0 Å². The molecule has 2 aliphatic carbocycles. The number of carboxylic acids is 1. The van der Waals surface area contributed by atoms with Gasteiger partial charge in [0, 0.05) is 42.9 Å². The minimum Gasteiger partial charge on any atom is -0.493 e. The molecule has 10 heteroatoms. The third kappa shape index (κ3) is 5.08. The van der Waals surface area contributed by atoms with E-state index in [1.54, 1.807) is 18.0 Å². The van der Waals surface area contributed by atoms with E-state index in [1.165, 1.54) is 0 Å². The number of amides is 2. The first-order chi connectivity index (χ1) is 19.8. The summed E-state index contributed by atoms with van der Waals surface area (Å²) in [5, 5.41) is 13.7. The molecule has 0 radical (unpaired) electrons. The number of pyridine rings is 1. The molecule has 0 saturated heterocycles. The molecule has 1 aromatic carbocycles. The number of nitrogens with zero attached hydrogens (tertiary/aromatic N) is 2. The third-order valence-electron chi connectivity index (χ3n) is 8.95. The van der Waals surface area contributed by atoms with Crippen LogP contribution in [0.4, 0.5) is 0 Å². The number of aromatic nitrogens is 1. The molecule has 5 unspecified atom stereocenters. The monoisotopic (exact) mass is 563 g/mol. The Balaban J connectivity index is 1.31. The maximum atomic E-state index is 13.7. The van der Waals surface area contributed by atoms with E-state index in [9.17, 15) is 19.5 Å². The van der Waals surface area contributed by atoms with Crippen LogP contribution in [0, 0.1) is 17.8 Å². The minimum absolute atomic E-state index is 0.106. The smallest absolute Gasteiger partial charge is 0.330 e. The van der Waals surface area contributed by atoms with Crippen LogP contribution >= 0.6 is 0 Å². The summed E-state index contributed by atoms with van der Waals surface area (Å²) in [5.74, 6) is -1.27. The van der Waals surface area contributed by atoms with Crippen LogP contribution in [0.5, 0.6) is 17.4 Å². The second-order valence-corrected chi connectivity index (χ2v) is 11.6. The number of nitrogens with one attached hydrogen (secondary N) is 1. The minimum atomic E-state index is -1.31. The summed E-state index contributed by atoms with van der Waals surface area (Å²) >= 11 is 0. The summed E-state index contributed by atoms with van der Waals surface area (Å²) < 4.78 is 18.1. The molecule has 41 heavy (non-hydrogen) atoms. The van der Waals surface area contributed by atoms with Gasteiger partial charge in [-0.15, -0.1) is 0 Å². The predicted octanol–water partition coefficient (Wildman–Crippen LogP) is 3.50. The van der Waals surface area contributed by atoms with E-state index in [1.807, 2.05) is 31.2 Å². The van der Waals surface area contributed by atoms with Crippen molar-refractivity contribution in [3.05, 3.63) is 35.9 Å². The lowest BCUT2D eigenvalue weighted by atomic mass is 9.93. The van der Waals surface area contributed by atoms with Gasteiger partial charge in [0.05, 0.1) is 30.6 Å². The van der Waals surface area contributed by atoms with Gasteiger partial charge in [0.1, 0.15) is 23.1 Å². The highest BCUT2D eigenvalue weighted by Gasteiger charge is 2.61. The van der Waals surface area contributed by atoms with Gasteiger partial charge in [-0.1, -0.05) is 12.2 Å². The molecule has 2 N–H and O–H groups in total. The van der Waals surface area contributed by atoms with Crippen LogP contribution in [-0.2, 0) is 20.8 Å². The molecule has 2 aliphatic heterocycles. The highest BCUT2D eigenvalue weighted by molar-refractivity contribution is 5.94. The van der Waals surface area contributed by atoms with E-state index in [-0.39, 0.29) is 11.8 Å². The van der Waals surface area contributed by atoms with Crippen molar-refractivity contribution in [2.24, 2.45) is 17.8 Å². The molecule has 2 aromatic rings. The van der Waals surface area contributed by atoms with Crippen LogP contribution < -0.4 is 19.5 Å². The van der Waals surface area contributed by atoms with Crippen molar-refractivity contribution < 1.29 is 33.7 Å². The topological polar surface area (TPSA) is 127 Å². The van der Waals surface area contributed by atoms with Gasteiger partial charge in [-0.2, -0.15) is 0 Å². The fourth-order valence-electron chi connectivity index (χ4n) is 6.61. The van der Waals surface area contributed by atoms with Gasteiger partial charge < -0.3 is 29.5 Å². The maximum Gasteiger partial charge on any atom is 0.330 e. The Labute approximate surface area is 239 Å². The van der Waals surface area contributed by atoms with Crippen molar-refractivity contribution in [2.45, 2.75) is 63.5 Å². The first-order valence-electron chi connectivity index (χ1n) is 14.7. The predicted molar refractivity (Wildman–Crippen MR) is 150 cm³/mol. The van der Waals surface area contributed by atoms with Crippen LogP contribution in [0.2, 0.25) is 0 Å². The van der Waals surface area contributed by atoms with Crippen molar-refractivity contribution in [1.82, 2.24) is 15.2 Å². The summed E-state index contributed by atoms with van der Waals surface area (Å²) in [5.41, 5.74) is 0.464. The van der Waals surface area contributed by atoms with E-state index < -0.39 is 35.4 Å². The standard InChI is InChI=1S/C31H37N3O7/c1-3-39-26-16-25(20-9-10-24-21(11-13-40-24)27(20)32-26)41-19-14-22-23(15-19)29(36)34(2)12-7-5-4-6-8-18-17-31(18,30(37)38)33-28(22)35/h6,8-10,16,18-19,22-23H,3-5,7,11-15,17H2,1-2H3,(H,33,35)(H,37,38)/b8-6+. The zero-order chi connectivity index (χ0) is 28.7. The average molecular weight is 564 g/mol. The molecular weight excluding hydrogens is 526 g/mol. The fraction of sp³-hybridized carbons (Fsp3) is 0.548. The molecule has 0 bridgehead atoms. The van der Waals surface area contributed by atoms with Crippen molar-refractivity contribution in [1.29, 1.82) is 0 Å². The summed E-state index contributed by atoms with van der Waals surface area (Å²) in [6, 6.07) is 5.61. The maximum absolute atomic E-state index is 13.7. The number of hydrogen-bond acceptors (Lipinski definition) is 7. The lowest BCUT2D eigenvalue weighted by Crippen LogP contribution is -2.49. The van der Waals surface area contributed by atoms with E-state index in [4.69, 9.17) is 19.2 Å². The zero-order valence-corrected chi connectivity index (χ0v) is 23.6. The number of carbonyl (C=O) groups excluding carboxylic acids is 2. The van der Waals surface area contributed by atoms with Crippen molar-refractivity contribution >= 4 is 28.7 Å². The van der Waals surface area contributed by atoms with Gasteiger partial charge in [-0.05, 0) is 57.6 Å². The van der Waals surface area contributed by atoms with Gasteiger partial charge in [0.2, 0.25) is 17.7 Å². The average Bonchev–Trinajstić information content (AvgIpc) is 3.26. The van der Waals surface area contributed by atoms with E-state index in [0.29, 0.717) is 50.7 Å². The Morgan fingerprint density at radius 3 is 2.88 bits per heavy atom. The second kappa shape index (κ2) is 10.9. The molecule has 0 spiro atoms. The summed E-state index contributed by atoms with van der Waals surface area (Å²) in [6.45, 7) is 3.53. The van der Waals surface area contributed by atoms with E-state index in [2.05, 4.69) is 5.32 Å². The molecule has 2 amide bonds. The number of carboxylic acid groups (broad SMARTS) is 1. The number of fused-ring (bicyclic) bond motifs is 5. The Bertz CT molecular complexity index is 1410. The second-order valence-electron chi connectivity index (χ2n) is 11.6. The number of benzene rings is 1. The first kappa shape index (κ1) is 27.4. The van der Waals surface area contributed by atoms with Crippen LogP contribution in [0.25, 0.3) is 10.9 Å². The largest absolute Gasteiger partial charge is 0.493 e. The fourth-order valence-corrected chi connectivity index (χ4v) is 6.61. The van der Waals surface area contributed by atoms with Crippen LogP contribution in [-0.4, -0.2) is 71.2 Å². The number of aliphatic carboxylic acids is 1. The van der Waals surface area contributed by atoms with Crippen molar-refractivity contribution in [3.63, 3.8) is 0 Å². The van der Waals surface area contributed by atoms with Gasteiger partial charge >= 0.3 is 5.97 Å². The van der Waals surface area contributed by atoms with Gasteiger partial charge in [-0.25, -0.2) is 9.78 Å². The van der Waals surface area contributed by atoms with Crippen LogP contribution in [0.15, 0.2) is 30.4 Å². The highest BCUT2D eigenvalue weighted by atomic mass is 16.5. The Kier molecular flexibility index (Phi) is 7.25. The summed E-state index contributed by atoms with van der Waals surface area (Å²) in [4.78, 5) is 46.0. The highest BCUT2D eigenvalue weighted by Crippen LogP contribution is 2.47. The molecule has 2 saturated carbocycles. The van der Waals surface area contributed by atoms with E-state index in [0.717, 1.165) is 47.9 Å². The van der Waals surface area contributed by atoms with E-state index >= 15 is 0 Å². The lowest BCUT2D eigenvalue weighted by Gasteiger charge is -2.26. The Hall–Kier alpha value is -3.82. The van der Waals surface area contributed by atoms with Crippen molar-refractivity contribution in [2.75, 3.05) is 26.8 Å². The molecule has 3 heterocycles. The summed E-state index contributed by atoms with van der Waals surface area (Å²) in [6.07, 6.45) is 7.78. The number of carbonyl (C=O) groups is 3. The molecule has 4 aliphatic rings. The molecule has 10 nitrogen and oxygen atoms in total. The molecular formula is C31H37N3O7. The lowest BCUT2D eigenvalue weighted by molar-refractivity contribution is -0.145. The molecule has 218 valence electrons. The summed E-state index contributed by atoms with van der Waals surface area (Å²) in [7, 11) is 1.77. The zero-order valence-electron chi connectivity index (χ0n) is 23.6. The molecule has 5 atom stereocenters. The number of ether oxygens (including phenoxy) is 3. The normalized spacial score (nSPS) is 30.3. The van der Waals surface area contributed by atoms with Crippen LogP contribution in [0.1, 0.15) is 51.0 Å². The first-order valence-corrected chi connectivity index (χ1v) is 14.7. The number of rotatable bonds is 5. The SMILES string of the molecule is CCOc1cc(OC2CC3C(=O)NC4(C(=O)O)CC4/C=C/CCCCN(C)C(=O)C3C2)c2ccc3c(c2n1)CCO3. The molecule has 1 aromatic heterocycles. The van der Waals surface area contributed by atoms with Gasteiger partial charge in [-0.3, -0.25) is 9.59 Å². The quantitative estimate of drug-likeness (QED) is 0.530. The van der Waals surface area contributed by atoms with Crippen LogP contribution in [0.3, 0.4) is 0 Å².